The number of H-pyrrole nitrogens is 2. The molecule has 0 aliphatic carbocycles. The van der Waals surface area contributed by atoms with Gasteiger partial charge in [-0.25, -0.2) is 19.6 Å². The second-order valence-electron chi connectivity index (χ2n) is 21.4. The molecular weight excluding hydrogens is 1000 g/mol. The van der Waals surface area contributed by atoms with E-state index in [4.69, 9.17) is 32.7 Å². The first-order valence-electron chi connectivity index (χ1n) is 22.8. The molecule has 390 valence electrons. The monoisotopic (exact) mass is 1050 g/mol. The number of alkyl carbamates (subject to hydrolysis) is 2. The molecule has 0 spiro atoms. The van der Waals surface area contributed by atoms with Gasteiger partial charge in [-0.05, 0) is 75.6 Å². The number of rotatable bonds is 10. The summed E-state index contributed by atoms with van der Waals surface area (Å²) < 4.78 is 108. The highest BCUT2D eigenvalue weighted by Gasteiger charge is 2.59. The zero-order valence-electron chi connectivity index (χ0n) is 40.9. The number of aromatic nitrogens is 4. The normalized spacial score (nSPS) is 20.0. The lowest BCUT2D eigenvalue weighted by molar-refractivity contribution is -0.222. The van der Waals surface area contributed by atoms with Crippen LogP contribution in [-0.4, -0.2) is 105 Å². The second kappa shape index (κ2) is 17.9. The van der Waals surface area contributed by atoms with Crippen molar-refractivity contribution in [2.24, 2.45) is 21.7 Å². The first-order valence-corrected chi connectivity index (χ1v) is 23.6. The van der Waals surface area contributed by atoms with E-state index in [0.29, 0.717) is 46.9 Å². The molecule has 24 heteroatoms. The Balaban J connectivity index is 1.09. The maximum absolute atomic E-state index is 14.4. The lowest BCUT2D eigenvalue weighted by Gasteiger charge is -2.38. The molecule has 4 atom stereocenters. The van der Waals surface area contributed by atoms with Crippen LogP contribution in [0.25, 0.3) is 33.6 Å². The molecule has 2 fully saturated rings. The van der Waals surface area contributed by atoms with E-state index in [9.17, 15) is 45.5 Å². The van der Waals surface area contributed by atoms with E-state index in [1.807, 2.05) is 39.8 Å². The molecule has 0 saturated carbocycles. The Bertz CT molecular complexity index is 2620. The number of amides is 4. The summed E-state index contributed by atoms with van der Waals surface area (Å²) in [6.07, 6.45) is -11.6. The minimum Gasteiger partial charge on any atom is -0.488 e. The van der Waals surface area contributed by atoms with Crippen LogP contribution in [-0.2, 0) is 32.3 Å². The Hall–Kier alpha value is -5.90. The fraction of sp³-hybridized carbons (Fsp3) is 0.542. The minimum absolute atomic E-state index is 0.0275. The quantitative estimate of drug-likeness (QED) is 0.111. The Morgan fingerprint density at radius 3 is 1.33 bits per heavy atom. The minimum atomic E-state index is -4.88. The van der Waals surface area contributed by atoms with E-state index in [1.165, 1.54) is 9.80 Å². The Morgan fingerprint density at radius 2 is 1.01 bits per heavy atom. The number of aromatic amines is 2. The number of nitrogens with zero attached hydrogens (tertiary/aromatic N) is 4. The van der Waals surface area contributed by atoms with Crippen molar-refractivity contribution < 1.29 is 64.5 Å². The zero-order chi connectivity index (χ0) is 53.0. The number of ether oxygens (including phenoxy) is 4. The second-order valence-corrected chi connectivity index (χ2v) is 22.2. The predicted octanol–water partition coefficient (Wildman–Crippen LogP) is 10.5. The van der Waals surface area contributed by atoms with Gasteiger partial charge in [-0.15, -0.1) is 0 Å². The fourth-order valence-corrected chi connectivity index (χ4v) is 10.5. The highest BCUT2D eigenvalue weighted by molar-refractivity contribution is 6.32. The van der Waals surface area contributed by atoms with Gasteiger partial charge in [-0.3, -0.25) is 9.59 Å². The first kappa shape index (κ1) is 52.4. The van der Waals surface area contributed by atoms with E-state index in [0.717, 1.165) is 64.2 Å². The molecule has 4 amide bonds. The third-order valence-electron chi connectivity index (χ3n) is 14.2. The number of methoxy groups -OCH3 is 2. The fourth-order valence-electron chi connectivity index (χ4n) is 10.0. The molecular formula is C48H54Cl2F6N8O8. The molecule has 0 radical (unpaired) electrons. The van der Waals surface area contributed by atoms with Crippen molar-refractivity contribution >= 4 is 47.2 Å². The van der Waals surface area contributed by atoms with Crippen molar-refractivity contribution in [3.8, 4) is 45.1 Å². The van der Waals surface area contributed by atoms with E-state index in [1.54, 1.807) is 12.1 Å². The van der Waals surface area contributed by atoms with Gasteiger partial charge in [0, 0.05) is 46.5 Å². The van der Waals surface area contributed by atoms with Gasteiger partial charge in [0.2, 0.25) is 11.8 Å². The number of benzene rings is 2. The van der Waals surface area contributed by atoms with Crippen LogP contribution in [0.3, 0.4) is 0 Å². The SMILES string of the molecule is COC(=O)N[C@H](C(=O)N1CC(C)(C)C[C@H]1c1nc(Cl)c(-c2cc3c4c(c2)OCc2cc(-c5[nH]c([C@@H]6CC(C)(C)CN6C(=O)[C@@H](NC(=O)OC)C(C)(C)C(F)(F)F)nc5Cl)cc(c2-4)OC3)[nH]1)C(C)(C)C(F)(F)F. The summed E-state index contributed by atoms with van der Waals surface area (Å²) in [4.78, 5) is 71.2. The molecule has 4 N–H and O–H groups in total. The standard InChI is InChI=1S/C48H54Cl2F6N8O8/c1-43(2)15-25(63(19-43)39(65)33(59-41(67)69-9)45(5,6)47(51,52)53)37-57-31(35(49)61-37)21-11-23-17-72-28-14-22(12-24-18-71-27(13-21)29(23)30(24)28)32-36(50)62-38(58-32)26-16-44(3,4)20-64(26)40(66)34(60-42(68)70-10)46(7,8)48(54,55)56/h11-14,25-26,33-34H,15-20H2,1-10H3,(H,57,61)(H,58,62)(H,59,67)(H,60,68)/t25-,26-,33+,34+/m0/s1. The van der Waals surface area contributed by atoms with Crippen molar-refractivity contribution in [2.45, 2.75) is 118 Å². The molecule has 8 rings (SSSR count). The van der Waals surface area contributed by atoms with E-state index in [2.05, 4.69) is 40.0 Å². The molecule has 4 aliphatic rings. The summed E-state index contributed by atoms with van der Waals surface area (Å²) >= 11 is 13.6. The molecule has 2 aromatic heterocycles. The third kappa shape index (κ3) is 9.25. The van der Waals surface area contributed by atoms with Crippen LogP contribution >= 0.6 is 23.2 Å². The van der Waals surface area contributed by atoms with Gasteiger partial charge in [-0.1, -0.05) is 50.9 Å². The van der Waals surface area contributed by atoms with Gasteiger partial charge in [0.15, 0.2) is 10.3 Å². The first-order chi connectivity index (χ1) is 33.3. The number of nitrogens with one attached hydrogen (secondary N) is 4. The smallest absolute Gasteiger partial charge is 0.407 e. The number of carbonyl (C=O) groups excluding carboxylic acids is 4. The van der Waals surface area contributed by atoms with Crippen LogP contribution in [0.4, 0.5) is 35.9 Å². The number of hydrogen-bond donors (Lipinski definition) is 4. The number of likely N-dealkylation sites (tertiary alicyclic amines) is 2. The summed E-state index contributed by atoms with van der Waals surface area (Å²) in [5.41, 5.74) is -1.75. The molecule has 0 unspecified atom stereocenters. The molecule has 4 aromatic rings. The van der Waals surface area contributed by atoms with Crippen molar-refractivity contribution in [2.75, 3.05) is 27.3 Å². The molecule has 0 bridgehead atoms. The molecule has 16 nitrogen and oxygen atoms in total. The molecule has 2 saturated heterocycles. The molecule has 4 aliphatic heterocycles. The summed E-state index contributed by atoms with van der Waals surface area (Å²) in [6, 6.07) is 1.45. The number of carbonyl (C=O) groups is 4. The van der Waals surface area contributed by atoms with Crippen molar-refractivity contribution in [1.82, 2.24) is 40.4 Å². The Kier molecular flexibility index (Phi) is 13.1. The molecule has 6 heterocycles. The van der Waals surface area contributed by atoms with Crippen LogP contribution in [0, 0.1) is 21.7 Å². The Morgan fingerprint density at radius 1 is 0.667 bits per heavy atom. The number of hydrogen-bond acceptors (Lipinski definition) is 10. The van der Waals surface area contributed by atoms with Gasteiger partial charge < -0.3 is 49.3 Å². The van der Waals surface area contributed by atoms with Gasteiger partial charge in [0.25, 0.3) is 0 Å². The van der Waals surface area contributed by atoms with Gasteiger partial charge in [-0.2, -0.15) is 26.3 Å². The van der Waals surface area contributed by atoms with E-state index in [-0.39, 0.29) is 48.3 Å². The van der Waals surface area contributed by atoms with Crippen molar-refractivity contribution in [3.05, 3.63) is 57.3 Å². The number of alkyl halides is 6. The molecule has 72 heavy (non-hydrogen) atoms. The average Bonchev–Trinajstić information content (AvgIpc) is 4.06. The third-order valence-corrected chi connectivity index (χ3v) is 14.8. The largest absolute Gasteiger partial charge is 0.488 e. The maximum Gasteiger partial charge on any atom is 0.407 e. The van der Waals surface area contributed by atoms with Crippen LogP contribution < -0.4 is 20.1 Å². The number of imidazole rings is 2. The van der Waals surface area contributed by atoms with Gasteiger partial charge in [0.05, 0.1) is 48.5 Å². The van der Waals surface area contributed by atoms with E-state index < -0.39 is 82.2 Å². The average molecular weight is 1060 g/mol. The van der Waals surface area contributed by atoms with Crippen molar-refractivity contribution in [1.29, 1.82) is 0 Å². The van der Waals surface area contributed by atoms with Gasteiger partial charge >= 0.3 is 24.5 Å². The summed E-state index contributed by atoms with van der Waals surface area (Å²) in [7, 11) is 1.98. The predicted molar refractivity (Wildman–Crippen MR) is 250 cm³/mol. The lowest BCUT2D eigenvalue weighted by Crippen LogP contribution is -2.60. The van der Waals surface area contributed by atoms with Gasteiger partial charge in [0.1, 0.15) is 48.4 Å². The summed E-state index contributed by atoms with van der Waals surface area (Å²) in [5, 5.41) is 4.29. The highest BCUT2D eigenvalue weighted by Crippen LogP contribution is 2.53. The Labute approximate surface area is 420 Å². The maximum atomic E-state index is 14.4. The topological polar surface area (TPSA) is 193 Å². The summed E-state index contributed by atoms with van der Waals surface area (Å²) in [6.45, 7) is 11.0. The van der Waals surface area contributed by atoms with Crippen LogP contribution in [0.15, 0.2) is 24.3 Å². The number of halogens is 8. The summed E-state index contributed by atoms with van der Waals surface area (Å²) in [5.74, 6) is -0.516. The van der Waals surface area contributed by atoms with Crippen LogP contribution in [0.5, 0.6) is 11.5 Å². The van der Waals surface area contributed by atoms with Crippen LogP contribution in [0.2, 0.25) is 10.3 Å². The lowest BCUT2D eigenvalue weighted by atomic mass is 9.82. The van der Waals surface area contributed by atoms with Crippen LogP contribution in [0.1, 0.15) is 103 Å². The van der Waals surface area contributed by atoms with E-state index >= 15 is 0 Å². The zero-order valence-corrected chi connectivity index (χ0v) is 42.5. The molecule has 2 aromatic carbocycles. The van der Waals surface area contributed by atoms with Crippen molar-refractivity contribution in [3.63, 3.8) is 0 Å². The highest BCUT2D eigenvalue weighted by atomic mass is 35.5.